The molecule has 3 aliphatic rings. The highest BCUT2D eigenvalue weighted by Gasteiger charge is 2.49. The number of aliphatic hydroxyl groups is 2. The zero-order valence-corrected chi connectivity index (χ0v) is 21.8. The van der Waals surface area contributed by atoms with Gasteiger partial charge in [-0.3, -0.25) is 14.4 Å². The SMILES string of the molecule is COc1cccc2c1C(=O)c1c(O)c3c(c(O)c1C2=O)C[C@@](O)(C(C)=O)C[C@@H]3O[C@@H]1C[C@@H](CN)[C@@H](O)[C@@H](C)O1. The third-order valence-corrected chi connectivity index (χ3v) is 8.18. The van der Waals surface area contributed by atoms with Crippen molar-refractivity contribution in [2.24, 2.45) is 11.7 Å². The van der Waals surface area contributed by atoms with E-state index in [2.05, 4.69) is 0 Å². The fourth-order valence-corrected chi connectivity index (χ4v) is 5.95. The van der Waals surface area contributed by atoms with Crippen molar-refractivity contribution in [2.45, 2.75) is 63.3 Å². The Morgan fingerprint density at radius 3 is 2.49 bits per heavy atom. The van der Waals surface area contributed by atoms with Crippen molar-refractivity contribution in [2.75, 3.05) is 13.7 Å². The number of phenolic OH excluding ortho intramolecular Hbond substituents is 2. The summed E-state index contributed by atoms with van der Waals surface area (Å²) in [6.07, 6.45) is -4.17. The molecular formula is C28H31NO10. The number of ether oxygens (including phenoxy) is 3. The summed E-state index contributed by atoms with van der Waals surface area (Å²) in [4.78, 5) is 39.7. The van der Waals surface area contributed by atoms with Crippen LogP contribution in [0.3, 0.4) is 0 Å². The summed E-state index contributed by atoms with van der Waals surface area (Å²) in [6, 6.07) is 4.45. The topological polar surface area (TPSA) is 186 Å². The molecule has 1 fully saturated rings. The third kappa shape index (κ3) is 4.12. The van der Waals surface area contributed by atoms with Gasteiger partial charge in [-0.05, 0) is 26.5 Å². The minimum Gasteiger partial charge on any atom is -0.507 e. The number of Topliss-reactive ketones (excluding diaryl/α,β-unsaturated/α-hetero) is 1. The van der Waals surface area contributed by atoms with Crippen LogP contribution >= 0.6 is 0 Å². The van der Waals surface area contributed by atoms with Gasteiger partial charge in [0.25, 0.3) is 0 Å². The van der Waals surface area contributed by atoms with Crippen LogP contribution < -0.4 is 10.5 Å². The molecule has 1 saturated heterocycles. The Kier molecular flexibility index (Phi) is 6.76. The van der Waals surface area contributed by atoms with E-state index in [1.54, 1.807) is 6.92 Å². The first-order chi connectivity index (χ1) is 18.4. The van der Waals surface area contributed by atoms with Gasteiger partial charge in [0.2, 0.25) is 5.78 Å². The van der Waals surface area contributed by atoms with Gasteiger partial charge in [-0.2, -0.15) is 0 Å². The lowest BCUT2D eigenvalue weighted by atomic mass is 9.72. The molecule has 5 rings (SSSR count). The fraction of sp³-hybridized carbons (Fsp3) is 0.464. The zero-order chi connectivity index (χ0) is 28.4. The minimum absolute atomic E-state index is 0.0112. The molecule has 0 spiro atoms. The van der Waals surface area contributed by atoms with Gasteiger partial charge in [0, 0.05) is 41.9 Å². The molecule has 2 aromatic carbocycles. The van der Waals surface area contributed by atoms with Crippen LogP contribution in [-0.2, 0) is 20.7 Å². The Hall–Kier alpha value is -3.35. The molecule has 6 atom stereocenters. The molecule has 1 heterocycles. The Morgan fingerprint density at radius 2 is 1.85 bits per heavy atom. The summed E-state index contributed by atoms with van der Waals surface area (Å²) < 4.78 is 17.2. The van der Waals surface area contributed by atoms with E-state index < -0.39 is 76.6 Å². The van der Waals surface area contributed by atoms with Crippen LogP contribution in [0.4, 0.5) is 0 Å². The van der Waals surface area contributed by atoms with E-state index in [4.69, 9.17) is 19.9 Å². The van der Waals surface area contributed by atoms with Gasteiger partial charge in [-0.25, -0.2) is 0 Å². The largest absolute Gasteiger partial charge is 0.507 e. The lowest BCUT2D eigenvalue weighted by Gasteiger charge is -2.42. The predicted octanol–water partition coefficient (Wildman–Crippen LogP) is 1.28. The summed E-state index contributed by atoms with van der Waals surface area (Å²) in [5.74, 6) is -3.50. The van der Waals surface area contributed by atoms with Crippen LogP contribution in [-0.4, -0.2) is 75.5 Å². The smallest absolute Gasteiger partial charge is 0.202 e. The number of fused-ring (bicyclic) bond motifs is 3. The number of hydrogen-bond donors (Lipinski definition) is 5. The second kappa shape index (κ2) is 9.68. The van der Waals surface area contributed by atoms with Crippen molar-refractivity contribution in [1.29, 1.82) is 0 Å². The summed E-state index contributed by atoms with van der Waals surface area (Å²) in [5, 5.41) is 44.5. The van der Waals surface area contributed by atoms with E-state index in [0.717, 1.165) is 0 Å². The Labute approximate surface area is 224 Å². The maximum absolute atomic E-state index is 13.7. The standard InChI is InChI=1S/C28H31NO10/c1-11-23(31)13(10-29)7-18(38-11)39-17-9-28(36,12(2)30)8-15-20(17)27(35)22-21(25(15)33)24(32)14-5-4-6-16(37-3)19(14)26(22)34/h4-6,11,13,17-18,23,31,33,35-36H,7-10,29H2,1-3H3/t11-,13+,17+,18-,23+,28+/m1/s1. The number of carbonyl (C=O) groups is 3. The van der Waals surface area contributed by atoms with E-state index in [1.807, 2.05) is 0 Å². The third-order valence-electron chi connectivity index (χ3n) is 8.18. The second-order valence-corrected chi connectivity index (χ2v) is 10.5. The molecule has 0 unspecified atom stereocenters. The van der Waals surface area contributed by atoms with Crippen LogP contribution in [0.25, 0.3) is 0 Å². The number of hydrogen-bond acceptors (Lipinski definition) is 11. The average Bonchev–Trinajstić information content (AvgIpc) is 2.90. The molecule has 0 aromatic heterocycles. The molecule has 11 heteroatoms. The first-order valence-electron chi connectivity index (χ1n) is 12.7. The van der Waals surface area contributed by atoms with E-state index in [9.17, 15) is 34.8 Å². The molecule has 0 amide bonds. The monoisotopic (exact) mass is 541 g/mol. The van der Waals surface area contributed by atoms with Gasteiger partial charge in [0.15, 0.2) is 17.9 Å². The first kappa shape index (κ1) is 27.2. The van der Waals surface area contributed by atoms with Crippen molar-refractivity contribution in [3.63, 3.8) is 0 Å². The van der Waals surface area contributed by atoms with Crippen molar-refractivity contribution in [1.82, 2.24) is 0 Å². The summed E-state index contributed by atoms with van der Waals surface area (Å²) >= 11 is 0. The molecule has 2 aromatic rings. The van der Waals surface area contributed by atoms with E-state index in [1.165, 1.54) is 32.2 Å². The van der Waals surface area contributed by atoms with Crippen LogP contribution in [0, 0.1) is 5.92 Å². The molecule has 0 saturated carbocycles. The van der Waals surface area contributed by atoms with Crippen molar-refractivity contribution in [3.05, 3.63) is 51.6 Å². The zero-order valence-electron chi connectivity index (χ0n) is 21.8. The molecule has 0 bridgehead atoms. The van der Waals surface area contributed by atoms with Gasteiger partial charge >= 0.3 is 0 Å². The van der Waals surface area contributed by atoms with E-state index >= 15 is 0 Å². The average molecular weight is 542 g/mol. The molecule has 0 radical (unpaired) electrons. The fourth-order valence-electron chi connectivity index (χ4n) is 5.95. The van der Waals surface area contributed by atoms with Crippen molar-refractivity contribution < 1.29 is 49.0 Å². The number of aliphatic hydroxyl groups excluding tert-OH is 1. The predicted molar refractivity (Wildman–Crippen MR) is 135 cm³/mol. The number of nitrogens with two attached hydrogens (primary N) is 1. The molecule has 6 N–H and O–H groups in total. The number of methoxy groups -OCH3 is 1. The molecular weight excluding hydrogens is 510 g/mol. The van der Waals surface area contributed by atoms with E-state index in [0.29, 0.717) is 0 Å². The molecule has 39 heavy (non-hydrogen) atoms. The summed E-state index contributed by atoms with van der Waals surface area (Å²) in [5.41, 5.74) is 2.82. The second-order valence-electron chi connectivity index (χ2n) is 10.5. The first-order valence-corrected chi connectivity index (χ1v) is 12.7. The van der Waals surface area contributed by atoms with Crippen LogP contribution in [0.5, 0.6) is 17.2 Å². The highest BCUT2D eigenvalue weighted by Crippen LogP contribution is 2.52. The van der Waals surface area contributed by atoms with Gasteiger partial charge < -0.3 is 40.4 Å². The van der Waals surface area contributed by atoms with Crippen molar-refractivity contribution in [3.8, 4) is 17.2 Å². The summed E-state index contributed by atoms with van der Waals surface area (Å²) in [7, 11) is 1.34. The Bertz CT molecular complexity index is 1390. The minimum atomic E-state index is -1.99. The van der Waals surface area contributed by atoms with Gasteiger partial charge in [-0.15, -0.1) is 0 Å². The number of benzene rings is 2. The maximum atomic E-state index is 13.7. The van der Waals surface area contributed by atoms with Gasteiger partial charge in [0.05, 0.1) is 42.1 Å². The maximum Gasteiger partial charge on any atom is 0.202 e. The Balaban J connectivity index is 1.67. The molecule has 208 valence electrons. The summed E-state index contributed by atoms with van der Waals surface area (Å²) in [6.45, 7) is 3.00. The van der Waals surface area contributed by atoms with E-state index in [-0.39, 0.29) is 53.3 Å². The lowest BCUT2D eigenvalue weighted by Crippen LogP contribution is -2.49. The Morgan fingerprint density at radius 1 is 1.15 bits per heavy atom. The normalized spacial score (nSPS) is 29.8. The number of ketones is 3. The molecule has 11 nitrogen and oxygen atoms in total. The highest BCUT2D eigenvalue weighted by molar-refractivity contribution is 6.31. The number of aromatic hydroxyl groups is 2. The lowest BCUT2D eigenvalue weighted by molar-refractivity contribution is -0.255. The highest BCUT2D eigenvalue weighted by atomic mass is 16.7. The van der Waals surface area contributed by atoms with Crippen molar-refractivity contribution >= 4 is 17.3 Å². The van der Waals surface area contributed by atoms with Gasteiger partial charge in [0.1, 0.15) is 22.8 Å². The van der Waals surface area contributed by atoms with Crippen LogP contribution in [0.1, 0.15) is 75.8 Å². The molecule has 2 aliphatic carbocycles. The van der Waals surface area contributed by atoms with Gasteiger partial charge in [-0.1, -0.05) is 12.1 Å². The van der Waals surface area contributed by atoms with Crippen LogP contribution in [0.2, 0.25) is 0 Å². The molecule has 1 aliphatic heterocycles. The quantitative estimate of drug-likeness (QED) is 0.293. The number of carbonyl (C=O) groups excluding carboxylic acids is 3. The number of rotatable bonds is 5. The van der Waals surface area contributed by atoms with Crippen LogP contribution in [0.15, 0.2) is 18.2 Å². The number of phenols is 2.